The lowest BCUT2D eigenvalue weighted by atomic mass is 10.1. The van der Waals surface area contributed by atoms with E-state index in [0.29, 0.717) is 12.0 Å². The van der Waals surface area contributed by atoms with E-state index in [1.807, 2.05) is 6.20 Å². The third kappa shape index (κ3) is 5.84. The molecule has 1 atom stereocenters. The predicted molar refractivity (Wildman–Crippen MR) is 68.1 cm³/mol. The number of ether oxygens (including phenoxy) is 1. The van der Waals surface area contributed by atoms with E-state index in [1.165, 1.54) is 0 Å². The van der Waals surface area contributed by atoms with Gasteiger partial charge in [0.25, 0.3) is 0 Å². The molecule has 17 heavy (non-hydrogen) atoms. The smallest absolute Gasteiger partial charge is 0.195 e. The number of rotatable bonds is 8. The topological polar surface area (TPSA) is 47.3 Å². The molecule has 1 rings (SSSR count). The summed E-state index contributed by atoms with van der Waals surface area (Å²) in [6.45, 7) is 8.07. The molecule has 1 N–H and O–H groups in total. The fourth-order valence-electron chi connectivity index (χ4n) is 1.71. The number of oxazole rings is 1. The van der Waals surface area contributed by atoms with Crippen LogP contribution in [0.1, 0.15) is 32.4 Å². The molecule has 1 aromatic heterocycles. The summed E-state index contributed by atoms with van der Waals surface area (Å²) < 4.78 is 10.8. The van der Waals surface area contributed by atoms with Gasteiger partial charge in [-0.2, -0.15) is 0 Å². The normalized spacial score (nSPS) is 13.2. The summed E-state index contributed by atoms with van der Waals surface area (Å²) in [5, 5.41) is 3.34. The van der Waals surface area contributed by atoms with Crippen molar-refractivity contribution >= 4 is 0 Å². The first kappa shape index (κ1) is 14.2. The number of nitrogens with zero attached hydrogens (tertiary/aromatic N) is 1. The van der Waals surface area contributed by atoms with Crippen molar-refractivity contribution in [3.8, 4) is 0 Å². The highest BCUT2D eigenvalue weighted by molar-refractivity contribution is 4.95. The van der Waals surface area contributed by atoms with E-state index in [9.17, 15) is 0 Å². The summed E-state index contributed by atoms with van der Waals surface area (Å²) in [4.78, 5) is 4.28. The van der Waals surface area contributed by atoms with Gasteiger partial charge in [-0.15, -0.1) is 0 Å². The number of aromatic nitrogens is 1. The highest BCUT2D eigenvalue weighted by atomic mass is 16.5. The standard InChI is InChI=1S/C13H24N2O2/c1-10(2)14-6-5-13-15-8-12(17-13)7-11(3)9-16-4/h8,10-11,14H,5-7,9H2,1-4H3. The second-order valence-corrected chi connectivity index (χ2v) is 4.84. The van der Waals surface area contributed by atoms with Gasteiger partial charge >= 0.3 is 0 Å². The first-order valence-corrected chi connectivity index (χ1v) is 6.27. The van der Waals surface area contributed by atoms with Crippen LogP contribution in [0.2, 0.25) is 0 Å². The average Bonchev–Trinajstić information content (AvgIpc) is 2.65. The molecule has 4 heteroatoms. The molecule has 0 aliphatic carbocycles. The largest absolute Gasteiger partial charge is 0.446 e. The second kappa shape index (κ2) is 7.45. The highest BCUT2D eigenvalue weighted by Crippen LogP contribution is 2.10. The molecule has 98 valence electrons. The summed E-state index contributed by atoms with van der Waals surface area (Å²) in [5.41, 5.74) is 0. The zero-order chi connectivity index (χ0) is 12.7. The fraction of sp³-hybridized carbons (Fsp3) is 0.769. The minimum absolute atomic E-state index is 0.467. The molecule has 1 unspecified atom stereocenters. The Kier molecular flexibility index (Phi) is 6.22. The maximum Gasteiger partial charge on any atom is 0.195 e. The van der Waals surface area contributed by atoms with Crippen molar-refractivity contribution in [2.24, 2.45) is 5.92 Å². The summed E-state index contributed by atoms with van der Waals surface area (Å²) in [6, 6.07) is 0.506. The maximum atomic E-state index is 5.68. The fourth-order valence-corrected chi connectivity index (χ4v) is 1.71. The summed E-state index contributed by atoms with van der Waals surface area (Å²) in [6.07, 6.45) is 3.56. The van der Waals surface area contributed by atoms with Crippen molar-refractivity contribution in [2.75, 3.05) is 20.3 Å². The molecule has 0 saturated heterocycles. The zero-order valence-electron chi connectivity index (χ0n) is 11.3. The van der Waals surface area contributed by atoms with Crippen molar-refractivity contribution in [1.82, 2.24) is 10.3 Å². The van der Waals surface area contributed by atoms with Crippen LogP contribution < -0.4 is 5.32 Å². The maximum absolute atomic E-state index is 5.68. The van der Waals surface area contributed by atoms with Gasteiger partial charge in [0, 0.05) is 39.1 Å². The van der Waals surface area contributed by atoms with Crippen LogP contribution in [0, 0.1) is 5.92 Å². The van der Waals surface area contributed by atoms with Crippen LogP contribution in [0.4, 0.5) is 0 Å². The van der Waals surface area contributed by atoms with Crippen molar-refractivity contribution in [2.45, 2.75) is 39.7 Å². The van der Waals surface area contributed by atoms with Gasteiger partial charge in [-0.3, -0.25) is 0 Å². The molecular weight excluding hydrogens is 216 g/mol. The van der Waals surface area contributed by atoms with E-state index in [2.05, 4.69) is 31.1 Å². The lowest BCUT2D eigenvalue weighted by Gasteiger charge is -2.07. The monoisotopic (exact) mass is 240 g/mol. The van der Waals surface area contributed by atoms with Crippen LogP contribution in [0.15, 0.2) is 10.6 Å². The van der Waals surface area contributed by atoms with E-state index in [4.69, 9.17) is 9.15 Å². The average molecular weight is 240 g/mol. The van der Waals surface area contributed by atoms with Gasteiger partial charge in [-0.1, -0.05) is 20.8 Å². The molecule has 4 nitrogen and oxygen atoms in total. The van der Waals surface area contributed by atoms with E-state index in [1.54, 1.807) is 7.11 Å². The van der Waals surface area contributed by atoms with Crippen LogP contribution in [0.3, 0.4) is 0 Å². The van der Waals surface area contributed by atoms with Gasteiger partial charge in [0.05, 0.1) is 6.20 Å². The van der Waals surface area contributed by atoms with Gasteiger partial charge in [-0.25, -0.2) is 4.98 Å². The van der Waals surface area contributed by atoms with Gasteiger partial charge in [-0.05, 0) is 5.92 Å². The van der Waals surface area contributed by atoms with Crippen molar-refractivity contribution in [3.63, 3.8) is 0 Å². The number of hydrogen-bond donors (Lipinski definition) is 1. The Hall–Kier alpha value is -0.870. The molecular formula is C13H24N2O2. The molecule has 0 saturated carbocycles. The molecule has 0 aromatic carbocycles. The first-order chi connectivity index (χ1) is 8.11. The number of methoxy groups -OCH3 is 1. The van der Waals surface area contributed by atoms with E-state index < -0.39 is 0 Å². The summed E-state index contributed by atoms with van der Waals surface area (Å²) >= 11 is 0. The Morgan fingerprint density at radius 2 is 2.18 bits per heavy atom. The molecule has 0 bridgehead atoms. The minimum Gasteiger partial charge on any atom is -0.446 e. The van der Waals surface area contributed by atoms with Crippen LogP contribution in [0.5, 0.6) is 0 Å². The molecule has 0 amide bonds. The van der Waals surface area contributed by atoms with Crippen LogP contribution in [-0.4, -0.2) is 31.3 Å². The van der Waals surface area contributed by atoms with Gasteiger partial charge in [0.15, 0.2) is 5.89 Å². The van der Waals surface area contributed by atoms with Crippen LogP contribution in [-0.2, 0) is 17.6 Å². The van der Waals surface area contributed by atoms with Gasteiger partial charge in [0.2, 0.25) is 0 Å². The lowest BCUT2D eigenvalue weighted by Crippen LogP contribution is -2.24. The van der Waals surface area contributed by atoms with E-state index >= 15 is 0 Å². The Labute approximate surface area is 104 Å². The number of hydrogen-bond acceptors (Lipinski definition) is 4. The molecule has 1 heterocycles. The predicted octanol–water partition coefficient (Wildman–Crippen LogP) is 2.04. The molecule has 0 fully saturated rings. The third-order valence-electron chi connectivity index (χ3n) is 2.49. The SMILES string of the molecule is COCC(C)Cc1cnc(CCNC(C)C)o1. The molecule has 0 spiro atoms. The Bertz CT molecular complexity index is 310. The molecule has 0 aliphatic heterocycles. The highest BCUT2D eigenvalue weighted by Gasteiger charge is 2.08. The van der Waals surface area contributed by atoms with Crippen molar-refractivity contribution in [1.29, 1.82) is 0 Å². The Balaban J connectivity index is 2.32. The van der Waals surface area contributed by atoms with E-state index in [-0.39, 0.29) is 0 Å². The molecule has 0 aliphatic rings. The van der Waals surface area contributed by atoms with Crippen LogP contribution >= 0.6 is 0 Å². The second-order valence-electron chi connectivity index (χ2n) is 4.84. The quantitative estimate of drug-likeness (QED) is 0.755. The summed E-state index contributed by atoms with van der Waals surface area (Å²) in [5.74, 6) is 2.24. The van der Waals surface area contributed by atoms with Crippen molar-refractivity contribution in [3.05, 3.63) is 17.8 Å². The summed E-state index contributed by atoms with van der Waals surface area (Å²) in [7, 11) is 1.72. The number of nitrogens with one attached hydrogen (secondary N) is 1. The minimum atomic E-state index is 0.467. The first-order valence-electron chi connectivity index (χ1n) is 6.27. The third-order valence-corrected chi connectivity index (χ3v) is 2.49. The lowest BCUT2D eigenvalue weighted by molar-refractivity contribution is 0.156. The Morgan fingerprint density at radius 1 is 1.41 bits per heavy atom. The van der Waals surface area contributed by atoms with Crippen LogP contribution in [0.25, 0.3) is 0 Å². The molecule has 0 radical (unpaired) electrons. The van der Waals surface area contributed by atoms with Gasteiger partial charge < -0.3 is 14.5 Å². The molecule has 1 aromatic rings. The van der Waals surface area contributed by atoms with Crippen molar-refractivity contribution < 1.29 is 9.15 Å². The zero-order valence-corrected chi connectivity index (χ0v) is 11.3. The van der Waals surface area contributed by atoms with Gasteiger partial charge in [0.1, 0.15) is 5.76 Å². The Morgan fingerprint density at radius 3 is 2.82 bits per heavy atom. The van der Waals surface area contributed by atoms with E-state index in [0.717, 1.165) is 37.6 Å².